The topological polar surface area (TPSA) is 134 Å². The van der Waals surface area contributed by atoms with Crippen molar-refractivity contribution in [2.45, 2.75) is 85.0 Å². The molecule has 13 nitrogen and oxygen atoms in total. The first kappa shape index (κ1) is 39.6. The molecule has 58 heavy (non-hydrogen) atoms. The predicted molar refractivity (Wildman–Crippen MR) is 227 cm³/mol. The van der Waals surface area contributed by atoms with Crippen LogP contribution in [0.25, 0.3) is 32.0 Å². The highest BCUT2D eigenvalue weighted by Gasteiger charge is 2.53. The number of aromatic nitrogens is 3. The van der Waals surface area contributed by atoms with Crippen LogP contribution in [-0.2, 0) is 43.2 Å². The fourth-order valence-electron chi connectivity index (χ4n) is 9.19. The standard InChI is InChI=1S/C43H56N8O5S2/c1-8-50-38(30-15-26(19-44-36(30)24(3)55-7)49-11-9-48(6)10-12-49)31-18-43(4,5)22-56-42(54)37-28-14-25(28)20-51(47-37)40(53)32(46-39(52)27-13-23(27)2)17-35-45-33(21-57-35)34-16-29(31)41(50)58-34/h15-16,19,21,23-25,27-28,32,37,47H,8-14,17-18,20,22H2,1-7H3,(H,46,52). The van der Waals surface area contributed by atoms with Gasteiger partial charge in [0.1, 0.15) is 16.9 Å². The summed E-state index contributed by atoms with van der Waals surface area (Å²) in [4.78, 5) is 58.7. The lowest BCUT2D eigenvalue weighted by atomic mass is 9.84. The number of carbonyl (C=O) groups is 3. The number of thiazole rings is 1. The van der Waals surface area contributed by atoms with Crippen LogP contribution < -0.4 is 15.6 Å². The first-order valence-electron chi connectivity index (χ1n) is 20.9. The van der Waals surface area contributed by atoms with Gasteiger partial charge in [0.05, 0.1) is 51.6 Å². The summed E-state index contributed by atoms with van der Waals surface area (Å²) >= 11 is 3.24. The molecule has 0 spiro atoms. The van der Waals surface area contributed by atoms with E-state index in [4.69, 9.17) is 19.4 Å². The Morgan fingerprint density at radius 3 is 2.67 bits per heavy atom. The zero-order chi connectivity index (χ0) is 40.6. The smallest absolute Gasteiger partial charge is 0.325 e. The van der Waals surface area contributed by atoms with Gasteiger partial charge in [-0.1, -0.05) is 20.8 Å². The second-order valence-electron chi connectivity index (χ2n) is 18.1. The molecular formula is C43H56N8O5S2. The molecule has 6 bridgehead atoms. The number of fused-ring (bicyclic) bond motifs is 8. The summed E-state index contributed by atoms with van der Waals surface area (Å²) in [6.07, 6.45) is 4.35. The molecule has 7 atom stereocenters. The van der Waals surface area contributed by atoms with Gasteiger partial charge in [-0.15, -0.1) is 22.7 Å². The first-order valence-corrected chi connectivity index (χ1v) is 22.6. The number of piperazine rings is 1. The second kappa shape index (κ2) is 15.3. The van der Waals surface area contributed by atoms with E-state index in [2.05, 4.69) is 84.3 Å². The molecule has 15 heteroatoms. The van der Waals surface area contributed by atoms with E-state index in [-0.39, 0.29) is 54.7 Å². The third-order valence-electron chi connectivity index (χ3n) is 13.1. The lowest BCUT2D eigenvalue weighted by molar-refractivity contribution is -0.156. The van der Waals surface area contributed by atoms with E-state index in [1.54, 1.807) is 23.5 Å². The van der Waals surface area contributed by atoms with E-state index >= 15 is 0 Å². The van der Waals surface area contributed by atoms with Crippen LogP contribution in [0.3, 0.4) is 0 Å². The number of hydrogen-bond acceptors (Lipinski definition) is 12. The van der Waals surface area contributed by atoms with E-state index in [0.717, 1.165) is 94.0 Å². The van der Waals surface area contributed by atoms with Crippen LogP contribution in [-0.4, -0.2) is 108 Å². The van der Waals surface area contributed by atoms with Gasteiger partial charge in [0.2, 0.25) is 5.91 Å². The number of hydrogen-bond donors (Lipinski definition) is 2. The maximum absolute atomic E-state index is 14.3. The van der Waals surface area contributed by atoms with E-state index in [1.807, 2.05) is 6.20 Å². The van der Waals surface area contributed by atoms with Crippen molar-refractivity contribution in [3.8, 4) is 21.8 Å². The summed E-state index contributed by atoms with van der Waals surface area (Å²) in [7, 11) is 3.90. The Bertz CT molecular complexity index is 2240. The molecule has 9 rings (SSSR count). The number of thiophene rings is 1. The molecule has 4 aromatic rings. The highest BCUT2D eigenvalue weighted by molar-refractivity contribution is 7.22. The van der Waals surface area contributed by atoms with Gasteiger partial charge in [-0.2, -0.15) is 0 Å². The zero-order valence-electron chi connectivity index (χ0n) is 34.7. The van der Waals surface area contributed by atoms with Crippen molar-refractivity contribution in [2.24, 2.45) is 29.1 Å². The van der Waals surface area contributed by atoms with E-state index in [0.29, 0.717) is 18.9 Å². The summed E-state index contributed by atoms with van der Waals surface area (Å²) in [6, 6.07) is 3.13. The number of ether oxygens (including phenoxy) is 2. The quantitative estimate of drug-likeness (QED) is 0.229. The third kappa shape index (κ3) is 7.46. The summed E-state index contributed by atoms with van der Waals surface area (Å²) in [5.41, 5.74) is 9.04. The Morgan fingerprint density at radius 1 is 1.17 bits per heavy atom. The lowest BCUT2D eigenvalue weighted by Crippen LogP contribution is -2.61. The third-order valence-corrected chi connectivity index (χ3v) is 15.1. The fraction of sp³-hybridized carbons (Fsp3) is 0.605. The molecule has 2 N–H and O–H groups in total. The number of likely N-dealkylation sites (N-methyl/N-ethyl adjacent to an activating group) is 1. The monoisotopic (exact) mass is 828 g/mol. The Morgan fingerprint density at radius 2 is 1.95 bits per heavy atom. The highest BCUT2D eigenvalue weighted by Crippen LogP contribution is 2.48. The Kier molecular flexibility index (Phi) is 10.4. The molecule has 0 radical (unpaired) electrons. The van der Waals surface area contributed by atoms with Crippen molar-refractivity contribution < 1.29 is 23.9 Å². The second-order valence-corrected chi connectivity index (χ2v) is 20.0. The van der Waals surface area contributed by atoms with Crippen molar-refractivity contribution in [3.63, 3.8) is 0 Å². The van der Waals surface area contributed by atoms with Crippen LogP contribution in [0.2, 0.25) is 0 Å². The van der Waals surface area contributed by atoms with Gasteiger partial charge in [-0.3, -0.25) is 24.4 Å². The zero-order valence-corrected chi connectivity index (χ0v) is 36.3. The average molecular weight is 829 g/mol. The largest absolute Gasteiger partial charge is 0.464 e. The van der Waals surface area contributed by atoms with E-state index in [9.17, 15) is 14.4 Å². The van der Waals surface area contributed by atoms with Crippen LogP contribution in [0, 0.1) is 29.1 Å². The van der Waals surface area contributed by atoms with Crippen LogP contribution in [0.15, 0.2) is 23.7 Å². The van der Waals surface area contributed by atoms with Gasteiger partial charge >= 0.3 is 5.97 Å². The van der Waals surface area contributed by atoms with Crippen LogP contribution >= 0.6 is 22.7 Å². The predicted octanol–water partition coefficient (Wildman–Crippen LogP) is 5.53. The molecular weight excluding hydrogens is 773 g/mol. The summed E-state index contributed by atoms with van der Waals surface area (Å²) in [5, 5.41) is 8.65. The molecule has 7 unspecified atom stereocenters. The van der Waals surface area contributed by atoms with Crippen LogP contribution in [0.4, 0.5) is 5.69 Å². The highest BCUT2D eigenvalue weighted by atomic mass is 32.1. The number of esters is 1. The van der Waals surface area contributed by atoms with E-state index in [1.165, 1.54) is 16.9 Å². The SMILES string of the molecule is CCn1c(-c2cc(N3CCN(C)CC3)cnc2C(C)OC)c2c3cc(sc31)-c1csc(n1)CC(NC(=O)C1CC1C)C(=O)N1CC3CC3C(N1)C(=O)OCC(C)(C)C2. The summed E-state index contributed by atoms with van der Waals surface area (Å²) in [6.45, 7) is 15.9. The lowest BCUT2D eigenvalue weighted by Gasteiger charge is -2.35. The minimum Gasteiger partial charge on any atom is -0.464 e. The Labute approximate surface area is 348 Å². The summed E-state index contributed by atoms with van der Waals surface area (Å²) < 4.78 is 14.6. The maximum Gasteiger partial charge on any atom is 0.325 e. The number of nitrogens with zero attached hydrogens (tertiary/aromatic N) is 6. The maximum atomic E-state index is 14.3. The fourth-order valence-corrected chi connectivity index (χ4v) is 11.3. The minimum atomic E-state index is -0.809. The van der Waals surface area contributed by atoms with Crippen molar-refractivity contribution in [1.82, 2.24) is 35.2 Å². The number of amides is 2. The number of rotatable bonds is 7. The van der Waals surface area contributed by atoms with Crippen molar-refractivity contribution in [1.29, 1.82) is 0 Å². The van der Waals surface area contributed by atoms with Gasteiger partial charge in [0.15, 0.2) is 0 Å². The number of cyclic esters (lactones) is 1. The normalized spacial score (nSPS) is 27.8. The van der Waals surface area contributed by atoms with Gasteiger partial charge in [0.25, 0.3) is 5.91 Å². The van der Waals surface area contributed by atoms with Crippen LogP contribution in [0.1, 0.15) is 69.8 Å². The molecule has 2 saturated carbocycles. The number of hydrazine groups is 1. The molecule has 310 valence electrons. The number of nitrogens with one attached hydrogen (secondary N) is 2. The Balaban J connectivity index is 1.16. The average Bonchev–Trinajstić information content (AvgIpc) is 4.00. The van der Waals surface area contributed by atoms with Gasteiger partial charge in [-0.05, 0) is 75.6 Å². The molecule has 2 aliphatic carbocycles. The summed E-state index contributed by atoms with van der Waals surface area (Å²) in [5.74, 6) is -0.134. The molecule has 4 aromatic heterocycles. The van der Waals surface area contributed by atoms with Crippen molar-refractivity contribution in [2.75, 3.05) is 58.4 Å². The van der Waals surface area contributed by atoms with Gasteiger partial charge in [0, 0.05) is 80.5 Å². The first-order chi connectivity index (χ1) is 27.8. The molecule has 2 amide bonds. The molecule has 3 aliphatic heterocycles. The molecule has 2 saturated heterocycles. The number of aryl methyl sites for hydroxylation is 1. The number of carbonyl (C=O) groups excluding carboxylic acids is 3. The Hall–Kier alpha value is -3.89. The van der Waals surface area contributed by atoms with Gasteiger partial charge < -0.3 is 29.2 Å². The molecule has 4 fully saturated rings. The molecule has 0 aromatic carbocycles. The van der Waals surface area contributed by atoms with Crippen LogP contribution in [0.5, 0.6) is 0 Å². The number of anilines is 1. The molecule has 5 aliphatic rings. The van der Waals surface area contributed by atoms with E-state index < -0.39 is 17.5 Å². The van der Waals surface area contributed by atoms with Gasteiger partial charge in [-0.25, -0.2) is 10.4 Å². The number of pyridine rings is 1. The number of methoxy groups -OCH3 is 1. The van der Waals surface area contributed by atoms with Crippen molar-refractivity contribution >= 4 is 56.4 Å². The minimum absolute atomic E-state index is 0.0816. The molecule has 7 heterocycles. The van der Waals surface area contributed by atoms with Crippen molar-refractivity contribution in [3.05, 3.63) is 40.0 Å².